The number of benzene rings is 1. The third kappa shape index (κ3) is 4.32. The molecule has 0 radical (unpaired) electrons. The highest BCUT2D eigenvalue weighted by Crippen LogP contribution is 2.32. The smallest absolute Gasteiger partial charge is 0.246 e. The number of rotatable bonds is 7. The second-order valence-corrected chi connectivity index (χ2v) is 7.66. The third-order valence-corrected chi connectivity index (χ3v) is 6.05. The predicted octanol–water partition coefficient (Wildman–Crippen LogP) is 1.41. The largest absolute Gasteiger partial charge is 0.497 e. The number of amides is 1. The summed E-state index contributed by atoms with van der Waals surface area (Å²) in [6.45, 7) is 4.44. The van der Waals surface area contributed by atoms with Crippen molar-refractivity contribution >= 4 is 15.9 Å². The Morgan fingerprint density at radius 2 is 2.16 bits per heavy atom. The summed E-state index contributed by atoms with van der Waals surface area (Å²) in [5, 5.41) is 2.73. The second-order valence-electron chi connectivity index (χ2n) is 5.75. The number of methoxy groups -OCH3 is 2. The first-order valence-electron chi connectivity index (χ1n) is 8.04. The molecule has 8 heteroatoms. The topological polar surface area (TPSA) is 84.9 Å². The fourth-order valence-corrected chi connectivity index (χ4v) is 4.51. The van der Waals surface area contributed by atoms with Crippen LogP contribution in [0, 0.1) is 5.92 Å². The molecule has 1 fully saturated rings. The number of nitrogens with one attached hydrogen (secondary N) is 1. The van der Waals surface area contributed by atoms with Crippen LogP contribution in [0.4, 0.5) is 0 Å². The van der Waals surface area contributed by atoms with Crippen LogP contribution < -0.4 is 14.8 Å². The van der Waals surface area contributed by atoms with Gasteiger partial charge in [0.15, 0.2) is 0 Å². The molecule has 1 heterocycles. The van der Waals surface area contributed by atoms with Gasteiger partial charge in [-0.15, -0.1) is 6.58 Å². The molecule has 25 heavy (non-hydrogen) atoms. The maximum absolute atomic E-state index is 13.1. The number of carbonyl (C=O) groups excluding carboxylic acids is 1. The molecule has 0 bridgehead atoms. The summed E-state index contributed by atoms with van der Waals surface area (Å²) in [6.07, 6.45) is 2.87. The molecule has 1 saturated heterocycles. The van der Waals surface area contributed by atoms with Gasteiger partial charge in [0, 0.05) is 25.7 Å². The highest BCUT2D eigenvalue weighted by atomic mass is 32.2. The number of piperidine rings is 1. The molecule has 2 rings (SSSR count). The van der Waals surface area contributed by atoms with Crippen LogP contribution in [-0.4, -0.2) is 52.5 Å². The van der Waals surface area contributed by atoms with E-state index < -0.39 is 10.0 Å². The summed E-state index contributed by atoms with van der Waals surface area (Å²) in [5.41, 5.74) is 0. The van der Waals surface area contributed by atoms with Crippen LogP contribution in [0.1, 0.15) is 12.8 Å². The van der Waals surface area contributed by atoms with Crippen molar-refractivity contribution < 1.29 is 22.7 Å². The van der Waals surface area contributed by atoms with Crippen LogP contribution in [0.25, 0.3) is 0 Å². The molecule has 138 valence electrons. The highest BCUT2D eigenvalue weighted by molar-refractivity contribution is 7.89. The van der Waals surface area contributed by atoms with Crippen LogP contribution in [0.5, 0.6) is 11.5 Å². The molecule has 1 amide bonds. The van der Waals surface area contributed by atoms with Gasteiger partial charge < -0.3 is 14.8 Å². The van der Waals surface area contributed by atoms with E-state index in [2.05, 4.69) is 11.9 Å². The van der Waals surface area contributed by atoms with E-state index >= 15 is 0 Å². The first-order chi connectivity index (χ1) is 11.9. The Kier molecular flexibility index (Phi) is 6.44. The summed E-state index contributed by atoms with van der Waals surface area (Å²) in [5.74, 6) is 0.146. The fourth-order valence-electron chi connectivity index (χ4n) is 2.82. The van der Waals surface area contributed by atoms with Crippen LogP contribution in [0.2, 0.25) is 0 Å². The van der Waals surface area contributed by atoms with Gasteiger partial charge in [-0.2, -0.15) is 4.31 Å². The van der Waals surface area contributed by atoms with Crippen LogP contribution in [0.3, 0.4) is 0 Å². The Labute approximate surface area is 148 Å². The minimum atomic E-state index is -3.80. The van der Waals surface area contributed by atoms with Crippen molar-refractivity contribution in [2.75, 3.05) is 33.9 Å². The van der Waals surface area contributed by atoms with Crippen LogP contribution in [0.15, 0.2) is 35.7 Å². The monoisotopic (exact) mass is 368 g/mol. The van der Waals surface area contributed by atoms with E-state index in [1.807, 2.05) is 0 Å². The zero-order valence-corrected chi connectivity index (χ0v) is 15.3. The maximum atomic E-state index is 13.1. The molecule has 1 atom stereocenters. The highest BCUT2D eigenvalue weighted by Gasteiger charge is 2.34. The van der Waals surface area contributed by atoms with Crippen LogP contribution >= 0.6 is 0 Å². The Morgan fingerprint density at radius 1 is 1.40 bits per heavy atom. The van der Waals surface area contributed by atoms with Gasteiger partial charge >= 0.3 is 0 Å². The molecule has 1 aromatic rings. The molecule has 1 aromatic carbocycles. The van der Waals surface area contributed by atoms with E-state index in [1.54, 1.807) is 18.2 Å². The third-order valence-electron chi connectivity index (χ3n) is 4.16. The summed E-state index contributed by atoms with van der Waals surface area (Å²) in [7, 11) is -0.906. The Morgan fingerprint density at radius 3 is 2.80 bits per heavy atom. The fraction of sp³-hybridized carbons (Fsp3) is 0.471. The van der Waals surface area contributed by atoms with E-state index in [0.29, 0.717) is 31.7 Å². The van der Waals surface area contributed by atoms with E-state index in [9.17, 15) is 13.2 Å². The lowest BCUT2D eigenvalue weighted by molar-refractivity contribution is -0.125. The van der Waals surface area contributed by atoms with Gasteiger partial charge in [0.05, 0.1) is 20.1 Å². The molecule has 1 aliphatic rings. The molecule has 0 aliphatic carbocycles. The molecule has 0 spiro atoms. The van der Waals surface area contributed by atoms with Crippen molar-refractivity contribution in [3.8, 4) is 11.5 Å². The quantitative estimate of drug-likeness (QED) is 0.736. The zero-order chi connectivity index (χ0) is 18.4. The van der Waals surface area contributed by atoms with E-state index in [1.165, 1.54) is 24.6 Å². The Balaban J connectivity index is 2.27. The van der Waals surface area contributed by atoms with Gasteiger partial charge in [0.1, 0.15) is 16.4 Å². The number of ether oxygens (including phenoxy) is 2. The molecule has 1 N–H and O–H groups in total. The number of nitrogens with zero attached hydrogens (tertiary/aromatic N) is 1. The molecule has 1 unspecified atom stereocenters. The lowest BCUT2D eigenvalue weighted by Gasteiger charge is -2.31. The van der Waals surface area contributed by atoms with Gasteiger partial charge in [0.2, 0.25) is 15.9 Å². The molecule has 0 aromatic heterocycles. The molecule has 1 aliphatic heterocycles. The van der Waals surface area contributed by atoms with Crippen molar-refractivity contribution in [2.24, 2.45) is 5.92 Å². The second kappa shape index (κ2) is 8.35. The van der Waals surface area contributed by atoms with Gasteiger partial charge in [0.25, 0.3) is 0 Å². The van der Waals surface area contributed by atoms with Gasteiger partial charge in [-0.1, -0.05) is 6.08 Å². The molecular weight excluding hydrogens is 344 g/mol. The average molecular weight is 368 g/mol. The molecular formula is C17H24N2O5S. The van der Waals surface area contributed by atoms with Crippen molar-refractivity contribution in [3.05, 3.63) is 30.9 Å². The summed E-state index contributed by atoms with van der Waals surface area (Å²) >= 11 is 0. The Bertz CT molecular complexity index is 733. The van der Waals surface area contributed by atoms with Crippen molar-refractivity contribution in [1.29, 1.82) is 0 Å². The van der Waals surface area contributed by atoms with Gasteiger partial charge in [-0.25, -0.2) is 8.42 Å². The minimum absolute atomic E-state index is 0.0431. The first kappa shape index (κ1) is 19.3. The number of hydrogen-bond acceptors (Lipinski definition) is 5. The summed E-state index contributed by atoms with van der Waals surface area (Å²) in [4.78, 5) is 12.2. The SMILES string of the molecule is C=CCNC(=O)C1CCCN(S(=O)(=O)c2cc(OC)ccc2OC)C1. The summed E-state index contributed by atoms with van der Waals surface area (Å²) in [6, 6.07) is 4.64. The number of sulfonamides is 1. The molecule has 7 nitrogen and oxygen atoms in total. The number of carbonyl (C=O) groups is 1. The van der Waals surface area contributed by atoms with Crippen molar-refractivity contribution in [2.45, 2.75) is 17.7 Å². The van der Waals surface area contributed by atoms with Crippen molar-refractivity contribution in [3.63, 3.8) is 0 Å². The van der Waals surface area contributed by atoms with Crippen molar-refractivity contribution in [1.82, 2.24) is 9.62 Å². The summed E-state index contributed by atoms with van der Waals surface area (Å²) < 4.78 is 37.8. The van der Waals surface area contributed by atoms with E-state index in [-0.39, 0.29) is 29.0 Å². The predicted molar refractivity (Wildman–Crippen MR) is 94.2 cm³/mol. The van der Waals surface area contributed by atoms with E-state index in [4.69, 9.17) is 9.47 Å². The maximum Gasteiger partial charge on any atom is 0.246 e. The van der Waals surface area contributed by atoms with Gasteiger partial charge in [-0.3, -0.25) is 4.79 Å². The van der Waals surface area contributed by atoms with Crippen LogP contribution in [-0.2, 0) is 14.8 Å². The minimum Gasteiger partial charge on any atom is -0.497 e. The first-order valence-corrected chi connectivity index (χ1v) is 9.48. The van der Waals surface area contributed by atoms with E-state index in [0.717, 1.165) is 0 Å². The standard InChI is InChI=1S/C17H24N2O5S/c1-4-9-18-17(20)13-6-5-10-19(12-13)25(21,22)16-11-14(23-2)7-8-15(16)24-3/h4,7-8,11,13H,1,5-6,9-10,12H2,2-3H3,(H,18,20). The number of hydrogen-bond donors (Lipinski definition) is 1. The lowest BCUT2D eigenvalue weighted by Crippen LogP contribution is -2.45. The Hall–Kier alpha value is -2.06. The molecule has 0 saturated carbocycles. The normalized spacial score (nSPS) is 18.4. The van der Waals surface area contributed by atoms with Gasteiger partial charge in [-0.05, 0) is 25.0 Å². The average Bonchev–Trinajstić information content (AvgIpc) is 2.65. The zero-order valence-electron chi connectivity index (χ0n) is 14.5. The lowest BCUT2D eigenvalue weighted by atomic mass is 9.99.